The SMILES string of the molecule is CC(C)(C)OC(=O)N1CCC(C(=O)COc2ccnc(Cl)c2)CC1. The van der Waals surface area contributed by atoms with Gasteiger partial charge in [0.2, 0.25) is 0 Å². The predicted octanol–water partition coefficient (Wildman–Crippen LogP) is 3.33. The molecule has 0 radical (unpaired) electrons. The minimum absolute atomic E-state index is 0.00253. The lowest BCUT2D eigenvalue weighted by atomic mass is 9.93. The van der Waals surface area contributed by atoms with E-state index in [1.165, 1.54) is 6.20 Å². The Kier molecular flexibility index (Phi) is 6.04. The number of ketones is 1. The predicted molar refractivity (Wildman–Crippen MR) is 90.3 cm³/mol. The van der Waals surface area contributed by atoms with E-state index in [-0.39, 0.29) is 24.4 Å². The molecule has 0 aliphatic carbocycles. The van der Waals surface area contributed by atoms with E-state index >= 15 is 0 Å². The second kappa shape index (κ2) is 7.83. The molecule has 2 heterocycles. The lowest BCUT2D eigenvalue weighted by Gasteiger charge is -2.32. The molecular formula is C17H23ClN2O4. The maximum absolute atomic E-state index is 12.3. The van der Waals surface area contributed by atoms with Gasteiger partial charge in [-0.1, -0.05) is 11.6 Å². The number of halogens is 1. The molecule has 1 aliphatic heterocycles. The van der Waals surface area contributed by atoms with Crippen LogP contribution in [-0.4, -0.2) is 47.1 Å². The summed E-state index contributed by atoms with van der Waals surface area (Å²) in [6.07, 6.45) is 2.45. The number of rotatable bonds is 4. The summed E-state index contributed by atoms with van der Waals surface area (Å²) in [4.78, 5) is 29.8. The summed E-state index contributed by atoms with van der Waals surface area (Å²) in [5.41, 5.74) is -0.511. The molecule has 7 heteroatoms. The van der Waals surface area contributed by atoms with Crippen LogP contribution in [0.2, 0.25) is 5.15 Å². The first kappa shape index (κ1) is 18.5. The second-order valence-electron chi connectivity index (χ2n) is 6.81. The van der Waals surface area contributed by atoms with Gasteiger partial charge in [-0.3, -0.25) is 4.79 Å². The standard InChI is InChI=1S/C17H23ClN2O4/c1-17(2,3)24-16(22)20-8-5-12(6-9-20)14(21)11-23-13-4-7-19-15(18)10-13/h4,7,10,12H,5-6,8-9,11H2,1-3H3. The van der Waals surface area contributed by atoms with E-state index in [1.54, 1.807) is 17.0 Å². The van der Waals surface area contributed by atoms with Crippen molar-refractivity contribution in [3.8, 4) is 5.75 Å². The van der Waals surface area contributed by atoms with E-state index in [1.807, 2.05) is 20.8 Å². The Hall–Kier alpha value is -1.82. The number of carbonyl (C=O) groups excluding carboxylic acids is 2. The Bertz CT molecular complexity index is 592. The highest BCUT2D eigenvalue weighted by Crippen LogP contribution is 2.21. The molecule has 1 fully saturated rings. The van der Waals surface area contributed by atoms with Crippen molar-refractivity contribution in [3.63, 3.8) is 0 Å². The topological polar surface area (TPSA) is 68.7 Å². The molecule has 0 saturated carbocycles. The summed E-state index contributed by atoms with van der Waals surface area (Å²) >= 11 is 5.77. The molecule has 1 aliphatic rings. The Morgan fingerprint density at radius 2 is 2.00 bits per heavy atom. The molecule has 1 aromatic rings. The molecule has 0 spiro atoms. The summed E-state index contributed by atoms with van der Waals surface area (Å²) < 4.78 is 10.8. The van der Waals surface area contributed by atoms with E-state index < -0.39 is 5.60 Å². The number of likely N-dealkylation sites (tertiary alicyclic amines) is 1. The van der Waals surface area contributed by atoms with Crippen LogP contribution in [0.1, 0.15) is 33.6 Å². The average molecular weight is 355 g/mol. The fraction of sp³-hybridized carbons (Fsp3) is 0.588. The minimum atomic E-state index is -0.511. The largest absolute Gasteiger partial charge is 0.486 e. The van der Waals surface area contributed by atoms with E-state index in [0.29, 0.717) is 36.8 Å². The van der Waals surface area contributed by atoms with Crippen LogP contribution in [-0.2, 0) is 9.53 Å². The average Bonchev–Trinajstić information content (AvgIpc) is 2.51. The van der Waals surface area contributed by atoms with Crippen LogP contribution in [0.4, 0.5) is 4.79 Å². The lowest BCUT2D eigenvalue weighted by molar-refractivity contribution is -0.126. The van der Waals surface area contributed by atoms with Gasteiger partial charge in [-0.15, -0.1) is 0 Å². The summed E-state index contributed by atoms with van der Waals surface area (Å²) in [5.74, 6) is 0.460. The van der Waals surface area contributed by atoms with Crippen LogP contribution in [0, 0.1) is 5.92 Å². The van der Waals surface area contributed by atoms with E-state index in [0.717, 1.165) is 0 Å². The van der Waals surface area contributed by atoms with Crippen molar-refractivity contribution in [3.05, 3.63) is 23.5 Å². The van der Waals surface area contributed by atoms with Gasteiger partial charge in [0.1, 0.15) is 23.1 Å². The highest BCUT2D eigenvalue weighted by molar-refractivity contribution is 6.29. The van der Waals surface area contributed by atoms with Gasteiger partial charge in [0.05, 0.1) is 0 Å². The first-order valence-corrected chi connectivity index (χ1v) is 8.37. The summed E-state index contributed by atoms with van der Waals surface area (Å²) in [5, 5.41) is 0.325. The zero-order valence-corrected chi connectivity index (χ0v) is 15.0. The molecule has 0 unspecified atom stereocenters. The van der Waals surface area contributed by atoms with Gasteiger partial charge in [0.15, 0.2) is 5.78 Å². The Labute approximate surface area is 147 Å². The third kappa shape index (κ3) is 5.67. The number of hydrogen-bond acceptors (Lipinski definition) is 5. The number of nitrogens with zero attached hydrogens (tertiary/aromatic N) is 2. The van der Waals surface area contributed by atoms with Crippen LogP contribution < -0.4 is 4.74 Å². The van der Waals surface area contributed by atoms with Gasteiger partial charge >= 0.3 is 6.09 Å². The van der Waals surface area contributed by atoms with Crippen molar-refractivity contribution in [1.29, 1.82) is 0 Å². The second-order valence-corrected chi connectivity index (χ2v) is 7.20. The zero-order chi connectivity index (χ0) is 17.7. The van der Waals surface area contributed by atoms with Gasteiger partial charge < -0.3 is 14.4 Å². The first-order valence-electron chi connectivity index (χ1n) is 7.99. The number of carbonyl (C=O) groups is 2. The van der Waals surface area contributed by atoms with E-state index in [4.69, 9.17) is 21.1 Å². The molecule has 1 saturated heterocycles. The van der Waals surface area contributed by atoms with Crippen LogP contribution in [0.5, 0.6) is 5.75 Å². The molecule has 0 N–H and O–H groups in total. The number of amides is 1. The van der Waals surface area contributed by atoms with Crippen LogP contribution in [0.25, 0.3) is 0 Å². The Balaban J connectivity index is 1.77. The number of hydrogen-bond donors (Lipinski definition) is 0. The zero-order valence-electron chi connectivity index (χ0n) is 14.3. The summed E-state index contributed by atoms with van der Waals surface area (Å²) in [6, 6.07) is 3.23. The summed E-state index contributed by atoms with van der Waals surface area (Å²) in [6.45, 7) is 6.55. The number of aromatic nitrogens is 1. The van der Waals surface area contributed by atoms with Crippen molar-refractivity contribution < 1.29 is 19.1 Å². The Morgan fingerprint density at radius 1 is 1.33 bits per heavy atom. The fourth-order valence-electron chi connectivity index (χ4n) is 2.46. The smallest absolute Gasteiger partial charge is 0.410 e. The maximum Gasteiger partial charge on any atom is 0.410 e. The van der Waals surface area contributed by atoms with Gasteiger partial charge in [-0.05, 0) is 39.7 Å². The molecule has 0 bridgehead atoms. The molecule has 24 heavy (non-hydrogen) atoms. The first-order chi connectivity index (χ1) is 11.2. The van der Waals surface area contributed by atoms with Crippen LogP contribution in [0.3, 0.4) is 0 Å². The van der Waals surface area contributed by atoms with Crippen LogP contribution >= 0.6 is 11.6 Å². The number of ether oxygens (including phenoxy) is 2. The minimum Gasteiger partial charge on any atom is -0.486 e. The molecular weight excluding hydrogens is 332 g/mol. The van der Waals surface area contributed by atoms with E-state index in [9.17, 15) is 9.59 Å². The quantitative estimate of drug-likeness (QED) is 0.776. The Morgan fingerprint density at radius 3 is 2.58 bits per heavy atom. The highest BCUT2D eigenvalue weighted by atomic mass is 35.5. The van der Waals surface area contributed by atoms with Gasteiger partial charge in [-0.25, -0.2) is 9.78 Å². The maximum atomic E-state index is 12.3. The third-order valence-corrected chi connectivity index (χ3v) is 3.89. The molecule has 1 aromatic heterocycles. The number of Topliss-reactive ketones (excluding diaryl/α,β-unsaturated/α-hetero) is 1. The monoisotopic (exact) mass is 354 g/mol. The van der Waals surface area contributed by atoms with Crippen molar-refractivity contribution in [2.75, 3.05) is 19.7 Å². The van der Waals surface area contributed by atoms with Crippen molar-refractivity contribution in [1.82, 2.24) is 9.88 Å². The van der Waals surface area contributed by atoms with Crippen molar-refractivity contribution in [2.45, 2.75) is 39.2 Å². The van der Waals surface area contributed by atoms with Gasteiger partial charge in [0.25, 0.3) is 0 Å². The molecule has 2 rings (SSSR count). The lowest BCUT2D eigenvalue weighted by Crippen LogP contribution is -2.43. The molecule has 132 valence electrons. The van der Waals surface area contributed by atoms with Crippen LogP contribution in [0.15, 0.2) is 18.3 Å². The number of pyridine rings is 1. The fourth-order valence-corrected chi connectivity index (χ4v) is 2.62. The molecule has 1 amide bonds. The van der Waals surface area contributed by atoms with Gasteiger partial charge in [0, 0.05) is 31.3 Å². The number of piperidine rings is 1. The summed E-state index contributed by atoms with van der Waals surface area (Å²) in [7, 11) is 0. The van der Waals surface area contributed by atoms with Crippen molar-refractivity contribution >= 4 is 23.5 Å². The third-order valence-electron chi connectivity index (χ3n) is 3.68. The van der Waals surface area contributed by atoms with Crippen molar-refractivity contribution in [2.24, 2.45) is 5.92 Å². The van der Waals surface area contributed by atoms with Gasteiger partial charge in [-0.2, -0.15) is 0 Å². The molecule has 6 nitrogen and oxygen atoms in total. The molecule has 0 atom stereocenters. The normalized spacial score (nSPS) is 15.9. The molecule has 0 aromatic carbocycles. The van der Waals surface area contributed by atoms with E-state index in [2.05, 4.69) is 4.98 Å². The highest BCUT2D eigenvalue weighted by Gasteiger charge is 2.29.